The van der Waals surface area contributed by atoms with E-state index in [0.717, 1.165) is 45.0 Å². The number of fused-ring (bicyclic) bond motifs is 3. The predicted octanol–water partition coefficient (Wildman–Crippen LogP) is 0.882. The standard InChI is InChI=1S/C29H30FNO5.Na/c1-17(2)28-23(12-11-20(32)15-21(33)16-26(34)35)27(18-7-9-19(30)10-8-18)24-13-14-36-25-6-4-3-5-22(25)29(24)31-28;/h3-12,17,20-21,32-33H,13-16H2,1-2H3,(H,34,35);/q;+1/p-1/b12-11+;. The summed E-state index contributed by atoms with van der Waals surface area (Å²) in [6.07, 6.45) is 0.862. The van der Waals surface area contributed by atoms with Gasteiger partial charge in [0.15, 0.2) is 0 Å². The molecule has 0 fully saturated rings. The Balaban J connectivity index is 0.00000380. The molecule has 0 amide bonds. The van der Waals surface area contributed by atoms with Gasteiger partial charge in [-0.3, -0.25) is 4.98 Å². The van der Waals surface area contributed by atoms with E-state index in [1.54, 1.807) is 18.2 Å². The van der Waals surface area contributed by atoms with Crippen molar-refractivity contribution in [3.63, 3.8) is 0 Å². The number of aliphatic hydroxyl groups excluding tert-OH is 2. The molecule has 1 aliphatic heterocycles. The second kappa shape index (κ2) is 12.8. The van der Waals surface area contributed by atoms with Gasteiger partial charge in [-0.15, -0.1) is 0 Å². The number of carbonyl (C=O) groups is 1. The fourth-order valence-electron chi connectivity index (χ4n) is 4.57. The number of benzene rings is 2. The molecule has 188 valence electrons. The van der Waals surface area contributed by atoms with Crippen molar-refractivity contribution in [3.8, 4) is 28.1 Å². The molecule has 0 radical (unpaired) electrons. The Labute approximate surface area is 238 Å². The maximum absolute atomic E-state index is 13.8. The van der Waals surface area contributed by atoms with Gasteiger partial charge in [0.2, 0.25) is 0 Å². The van der Waals surface area contributed by atoms with E-state index in [2.05, 4.69) is 0 Å². The second-order valence-electron chi connectivity index (χ2n) is 9.26. The van der Waals surface area contributed by atoms with Crippen LogP contribution in [0.5, 0.6) is 5.75 Å². The smallest absolute Gasteiger partial charge is 0.550 e. The molecule has 1 aliphatic rings. The first-order valence-corrected chi connectivity index (χ1v) is 12.0. The fourth-order valence-corrected chi connectivity index (χ4v) is 4.57. The van der Waals surface area contributed by atoms with Crippen LogP contribution in [0, 0.1) is 5.82 Å². The summed E-state index contributed by atoms with van der Waals surface area (Å²) in [6.45, 7) is 4.50. The van der Waals surface area contributed by atoms with E-state index in [9.17, 15) is 24.5 Å². The molecular weight excluding hydrogens is 484 g/mol. The van der Waals surface area contributed by atoms with Crippen LogP contribution >= 0.6 is 0 Å². The van der Waals surface area contributed by atoms with Crippen molar-refractivity contribution in [3.05, 3.63) is 77.2 Å². The molecule has 2 N–H and O–H groups in total. The molecule has 0 saturated heterocycles. The summed E-state index contributed by atoms with van der Waals surface area (Å²) in [7, 11) is 0. The van der Waals surface area contributed by atoms with Gasteiger partial charge in [0, 0.05) is 36.4 Å². The zero-order chi connectivity index (χ0) is 25.8. The van der Waals surface area contributed by atoms with E-state index >= 15 is 0 Å². The number of aliphatic hydroxyl groups is 2. The van der Waals surface area contributed by atoms with Crippen molar-refractivity contribution in [2.45, 2.75) is 51.2 Å². The quantitative estimate of drug-likeness (QED) is 0.434. The zero-order valence-corrected chi connectivity index (χ0v) is 23.3. The number of carboxylic acids is 1. The summed E-state index contributed by atoms with van der Waals surface area (Å²) in [4.78, 5) is 15.8. The Kier molecular flexibility index (Phi) is 10.0. The van der Waals surface area contributed by atoms with Crippen LogP contribution in [0.2, 0.25) is 0 Å². The molecule has 1 aromatic heterocycles. The van der Waals surface area contributed by atoms with Crippen molar-refractivity contribution < 1.29 is 58.8 Å². The van der Waals surface area contributed by atoms with Crippen LogP contribution in [-0.4, -0.2) is 40.0 Å². The molecule has 4 rings (SSSR count). The van der Waals surface area contributed by atoms with Gasteiger partial charge in [-0.25, -0.2) is 4.39 Å². The van der Waals surface area contributed by atoms with Crippen LogP contribution in [-0.2, 0) is 11.2 Å². The van der Waals surface area contributed by atoms with Crippen molar-refractivity contribution in [1.82, 2.24) is 4.98 Å². The molecule has 8 heteroatoms. The van der Waals surface area contributed by atoms with Gasteiger partial charge >= 0.3 is 29.6 Å². The van der Waals surface area contributed by atoms with Crippen molar-refractivity contribution in [2.75, 3.05) is 6.61 Å². The first-order chi connectivity index (χ1) is 17.2. The summed E-state index contributed by atoms with van der Waals surface area (Å²) in [5.74, 6) is -0.946. The normalized spacial score (nSPS) is 14.2. The number of ether oxygens (including phenoxy) is 1. The second-order valence-corrected chi connectivity index (χ2v) is 9.26. The zero-order valence-electron chi connectivity index (χ0n) is 21.3. The third-order valence-electron chi connectivity index (χ3n) is 6.20. The molecule has 2 heterocycles. The molecule has 2 aromatic carbocycles. The number of hydrogen-bond donors (Lipinski definition) is 2. The van der Waals surface area contributed by atoms with Crippen molar-refractivity contribution in [2.24, 2.45) is 0 Å². The Hall–Kier alpha value is -2.55. The van der Waals surface area contributed by atoms with E-state index in [4.69, 9.17) is 9.72 Å². The van der Waals surface area contributed by atoms with E-state index in [1.165, 1.54) is 18.2 Å². The number of rotatable bonds is 8. The molecule has 37 heavy (non-hydrogen) atoms. The summed E-state index contributed by atoms with van der Waals surface area (Å²) in [5.41, 5.74) is 5.92. The largest absolute Gasteiger partial charge is 1.00 e. The maximum atomic E-state index is 13.8. The number of para-hydroxylation sites is 1. The number of nitrogens with zero attached hydrogens (tertiary/aromatic N) is 1. The van der Waals surface area contributed by atoms with Crippen LogP contribution in [0.1, 0.15) is 49.4 Å². The third kappa shape index (κ3) is 6.86. The number of halogens is 1. The number of carbonyl (C=O) groups excluding carboxylic acids is 1. The molecule has 6 nitrogen and oxygen atoms in total. The number of aromatic nitrogens is 1. The molecule has 2 unspecified atom stereocenters. The predicted molar refractivity (Wildman–Crippen MR) is 134 cm³/mol. The van der Waals surface area contributed by atoms with Crippen molar-refractivity contribution in [1.29, 1.82) is 0 Å². The molecule has 0 aliphatic carbocycles. The fraction of sp³-hybridized carbons (Fsp3) is 0.310. The van der Waals surface area contributed by atoms with E-state index in [0.29, 0.717) is 13.0 Å². The molecule has 0 saturated carbocycles. The molecular formula is C29H29FNNaO5. The minimum absolute atomic E-state index is 0. The third-order valence-corrected chi connectivity index (χ3v) is 6.20. The Bertz CT molecular complexity index is 1280. The van der Waals surface area contributed by atoms with E-state index in [-0.39, 0.29) is 47.7 Å². The Morgan fingerprint density at radius 1 is 1.16 bits per heavy atom. The minimum atomic E-state index is -1.38. The van der Waals surface area contributed by atoms with Crippen LogP contribution < -0.4 is 39.4 Å². The summed E-state index contributed by atoms with van der Waals surface area (Å²) in [5, 5.41) is 31.1. The van der Waals surface area contributed by atoms with Crippen molar-refractivity contribution >= 4 is 12.0 Å². The number of aliphatic carboxylic acids is 1. The number of pyridine rings is 1. The molecule has 0 spiro atoms. The van der Waals surface area contributed by atoms with Crippen LogP contribution in [0.25, 0.3) is 28.5 Å². The van der Waals surface area contributed by atoms with Gasteiger partial charge in [0.1, 0.15) is 11.6 Å². The monoisotopic (exact) mass is 513 g/mol. The first kappa shape index (κ1) is 29.0. The van der Waals surface area contributed by atoms with E-state index < -0.39 is 24.6 Å². The Morgan fingerprint density at radius 3 is 2.54 bits per heavy atom. The van der Waals surface area contributed by atoms with Crippen LogP contribution in [0.4, 0.5) is 4.39 Å². The topological polar surface area (TPSA) is 103 Å². The molecule has 2 atom stereocenters. The average molecular weight is 514 g/mol. The molecule has 0 bridgehead atoms. The average Bonchev–Trinajstić information content (AvgIpc) is 3.01. The summed E-state index contributed by atoms with van der Waals surface area (Å²) in [6, 6.07) is 14.0. The first-order valence-electron chi connectivity index (χ1n) is 12.0. The van der Waals surface area contributed by atoms with Gasteiger partial charge < -0.3 is 24.9 Å². The van der Waals surface area contributed by atoms with Gasteiger partial charge in [-0.05, 0) is 46.9 Å². The van der Waals surface area contributed by atoms with Crippen LogP contribution in [0.15, 0.2) is 54.6 Å². The van der Waals surface area contributed by atoms with Gasteiger partial charge in [0.05, 0.1) is 30.2 Å². The van der Waals surface area contributed by atoms with Gasteiger partial charge in [-0.2, -0.15) is 0 Å². The van der Waals surface area contributed by atoms with Gasteiger partial charge in [-0.1, -0.05) is 50.3 Å². The maximum Gasteiger partial charge on any atom is 1.00 e. The van der Waals surface area contributed by atoms with Gasteiger partial charge in [0.25, 0.3) is 0 Å². The Morgan fingerprint density at radius 2 is 1.86 bits per heavy atom. The SMILES string of the molecule is CC(C)c1nc2c(c(-c3ccc(F)cc3)c1/C=C/C(O)CC(O)CC(=O)[O-])CCOc1ccccc1-2.[Na+]. The number of carboxylic acid groups (broad SMARTS) is 1. The summed E-state index contributed by atoms with van der Waals surface area (Å²) < 4.78 is 19.8. The minimum Gasteiger partial charge on any atom is -0.550 e. The molecule has 3 aromatic rings. The number of hydrogen-bond acceptors (Lipinski definition) is 6. The summed E-state index contributed by atoms with van der Waals surface area (Å²) >= 11 is 0. The van der Waals surface area contributed by atoms with Crippen LogP contribution in [0.3, 0.4) is 0 Å². The van der Waals surface area contributed by atoms with E-state index in [1.807, 2.05) is 38.1 Å².